The minimum Gasteiger partial charge on any atom is -0.311 e. The molecule has 1 N–H and O–H groups in total. The first-order chi connectivity index (χ1) is 8.94. The molecule has 1 fully saturated rings. The van der Waals surface area contributed by atoms with E-state index in [-0.39, 0.29) is 5.54 Å². The smallest absolute Gasteiger partial charge is 0.0931 e. The molecule has 0 aromatic carbocycles. The quantitative estimate of drug-likeness (QED) is 0.899. The third-order valence-electron chi connectivity index (χ3n) is 3.60. The highest BCUT2D eigenvalue weighted by Crippen LogP contribution is 2.26. The zero-order valence-electron chi connectivity index (χ0n) is 12.2. The molecule has 1 aromatic heterocycles. The minimum absolute atomic E-state index is 0.204. The number of nitrogens with zero attached hydrogens (tertiary/aromatic N) is 1. The maximum Gasteiger partial charge on any atom is 0.0931 e. The van der Waals surface area contributed by atoms with Gasteiger partial charge in [-0.2, -0.15) is 0 Å². The Balaban J connectivity index is 1.92. The topological polar surface area (TPSA) is 15.3 Å². The molecule has 0 radical (unpaired) electrons. The van der Waals surface area contributed by atoms with Gasteiger partial charge in [0.15, 0.2) is 0 Å². The van der Waals surface area contributed by atoms with Gasteiger partial charge in [-0.15, -0.1) is 11.3 Å². The van der Waals surface area contributed by atoms with Gasteiger partial charge in [0.05, 0.1) is 4.34 Å². The second-order valence-electron chi connectivity index (χ2n) is 6.46. The summed E-state index contributed by atoms with van der Waals surface area (Å²) in [5.41, 5.74) is 0.204. The number of rotatable bonds is 4. The van der Waals surface area contributed by atoms with Crippen molar-refractivity contribution in [3.05, 3.63) is 21.3 Å². The lowest BCUT2D eigenvalue weighted by Gasteiger charge is -2.37. The molecule has 1 aromatic rings. The number of thiophene rings is 1. The molecular formula is C15H25ClN2S. The third-order valence-corrected chi connectivity index (χ3v) is 4.82. The summed E-state index contributed by atoms with van der Waals surface area (Å²) in [7, 11) is 0. The lowest BCUT2D eigenvalue weighted by molar-refractivity contribution is 0.132. The fourth-order valence-electron chi connectivity index (χ4n) is 2.56. The van der Waals surface area contributed by atoms with Crippen LogP contribution in [-0.2, 0) is 6.54 Å². The van der Waals surface area contributed by atoms with Crippen LogP contribution in [0, 0.1) is 0 Å². The molecule has 0 amide bonds. The molecule has 1 aliphatic heterocycles. The van der Waals surface area contributed by atoms with Crippen LogP contribution >= 0.6 is 22.9 Å². The van der Waals surface area contributed by atoms with E-state index in [4.69, 9.17) is 11.6 Å². The summed E-state index contributed by atoms with van der Waals surface area (Å²) in [6, 6.07) is 4.83. The monoisotopic (exact) mass is 300 g/mol. The lowest BCUT2D eigenvalue weighted by Crippen LogP contribution is -2.49. The average Bonchev–Trinajstić information content (AvgIpc) is 2.73. The maximum atomic E-state index is 6.02. The van der Waals surface area contributed by atoms with Gasteiger partial charge in [0.25, 0.3) is 0 Å². The Bertz CT molecular complexity index is 397. The Morgan fingerprint density at radius 3 is 2.79 bits per heavy atom. The second kappa shape index (κ2) is 6.57. The van der Waals surface area contributed by atoms with Crippen LogP contribution in [0.4, 0.5) is 0 Å². The molecule has 1 atom stereocenters. The van der Waals surface area contributed by atoms with Gasteiger partial charge < -0.3 is 5.32 Å². The number of nitrogens with one attached hydrogen (secondary N) is 1. The summed E-state index contributed by atoms with van der Waals surface area (Å²) in [5, 5.41) is 3.65. The van der Waals surface area contributed by atoms with Gasteiger partial charge in [-0.05, 0) is 52.3 Å². The molecule has 1 aliphatic rings. The molecule has 2 heterocycles. The molecule has 2 rings (SSSR count). The highest BCUT2D eigenvalue weighted by molar-refractivity contribution is 7.16. The van der Waals surface area contributed by atoms with Crippen LogP contribution in [0.25, 0.3) is 0 Å². The fourth-order valence-corrected chi connectivity index (χ4v) is 3.67. The van der Waals surface area contributed by atoms with Crippen LogP contribution in [0.2, 0.25) is 4.34 Å². The number of likely N-dealkylation sites (tertiary alicyclic amines) is 1. The van der Waals surface area contributed by atoms with Crippen molar-refractivity contribution in [1.29, 1.82) is 0 Å². The van der Waals surface area contributed by atoms with Crippen molar-refractivity contribution in [3.8, 4) is 0 Å². The van der Waals surface area contributed by atoms with E-state index in [0.29, 0.717) is 6.04 Å². The lowest BCUT2D eigenvalue weighted by atomic mass is 10.0. The van der Waals surface area contributed by atoms with E-state index in [0.717, 1.165) is 17.4 Å². The Kier molecular flexibility index (Phi) is 5.29. The summed E-state index contributed by atoms with van der Waals surface area (Å²) < 4.78 is 0.899. The molecule has 0 saturated carbocycles. The zero-order chi connectivity index (χ0) is 13.9. The van der Waals surface area contributed by atoms with E-state index in [1.807, 2.05) is 6.07 Å². The summed E-state index contributed by atoms with van der Waals surface area (Å²) in [6.45, 7) is 10.1. The largest absolute Gasteiger partial charge is 0.311 e. The first-order valence-corrected chi connectivity index (χ1v) is 8.37. The van der Waals surface area contributed by atoms with Crippen molar-refractivity contribution in [2.24, 2.45) is 0 Å². The fraction of sp³-hybridized carbons (Fsp3) is 0.733. The van der Waals surface area contributed by atoms with Crippen molar-refractivity contribution < 1.29 is 0 Å². The molecule has 0 spiro atoms. The van der Waals surface area contributed by atoms with Gasteiger partial charge in [0.2, 0.25) is 0 Å². The average molecular weight is 301 g/mol. The van der Waals surface area contributed by atoms with Gasteiger partial charge in [0, 0.05) is 29.5 Å². The minimum atomic E-state index is 0.204. The van der Waals surface area contributed by atoms with Gasteiger partial charge in [0.1, 0.15) is 0 Å². The molecule has 0 bridgehead atoms. The van der Waals surface area contributed by atoms with E-state index >= 15 is 0 Å². The Hall–Kier alpha value is -0.0900. The first kappa shape index (κ1) is 15.3. The van der Waals surface area contributed by atoms with Crippen molar-refractivity contribution in [1.82, 2.24) is 10.2 Å². The van der Waals surface area contributed by atoms with E-state index in [9.17, 15) is 0 Å². The standard InChI is InChI=1S/C15H25ClN2S/c1-15(2,3)17-10-12-6-4-5-9-18(12)11-13-7-8-14(16)19-13/h7-8,12,17H,4-6,9-11H2,1-3H3. The number of hydrogen-bond acceptors (Lipinski definition) is 3. The highest BCUT2D eigenvalue weighted by atomic mass is 35.5. The summed E-state index contributed by atoms with van der Waals surface area (Å²) >= 11 is 7.73. The van der Waals surface area contributed by atoms with Crippen LogP contribution in [0.5, 0.6) is 0 Å². The van der Waals surface area contributed by atoms with E-state index < -0.39 is 0 Å². The number of piperidine rings is 1. The predicted molar refractivity (Wildman–Crippen MR) is 85.1 cm³/mol. The van der Waals surface area contributed by atoms with E-state index in [1.165, 1.54) is 30.7 Å². The van der Waals surface area contributed by atoms with E-state index in [1.54, 1.807) is 11.3 Å². The molecule has 4 heteroatoms. The van der Waals surface area contributed by atoms with Crippen molar-refractivity contribution in [2.75, 3.05) is 13.1 Å². The summed E-state index contributed by atoms with van der Waals surface area (Å²) in [6.07, 6.45) is 3.99. The first-order valence-electron chi connectivity index (χ1n) is 7.17. The zero-order valence-corrected chi connectivity index (χ0v) is 13.8. The van der Waals surface area contributed by atoms with Crippen LogP contribution in [0.1, 0.15) is 44.9 Å². The summed E-state index contributed by atoms with van der Waals surface area (Å²) in [5.74, 6) is 0. The SMILES string of the molecule is CC(C)(C)NCC1CCCCN1Cc1ccc(Cl)s1. The molecule has 1 saturated heterocycles. The molecular weight excluding hydrogens is 276 g/mol. The van der Waals surface area contributed by atoms with Crippen LogP contribution in [0.15, 0.2) is 12.1 Å². The molecule has 19 heavy (non-hydrogen) atoms. The molecule has 1 unspecified atom stereocenters. The van der Waals surface area contributed by atoms with Crippen molar-refractivity contribution >= 4 is 22.9 Å². The Morgan fingerprint density at radius 1 is 1.37 bits per heavy atom. The summed E-state index contributed by atoms with van der Waals surface area (Å²) in [4.78, 5) is 4.00. The van der Waals surface area contributed by atoms with E-state index in [2.05, 4.69) is 37.1 Å². The Labute approximate surface area is 126 Å². The van der Waals surface area contributed by atoms with Gasteiger partial charge in [-0.25, -0.2) is 0 Å². The number of halogens is 1. The van der Waals surface area contributed by atoms with Crippen molar-refractivity contribution in [3.63, 3.8) is 0 Å². The van der Waals surface area contributed by atoms with Crippen molar-refractivity contribution in [2.45, 2.75) is 58.2 Å². The number of hydrogen-bond donors (Lipinski definition) is 1. The third kappa shape index (κ3) is 5.07. The van der Waals surface area contributed by atoms with Gasteiger partial charge in [-0.3, -0.25) is 4.90 Å². The maximum absolute atomic E-state index is 6.02. The van der Waals surface area contributed by atoms with Crippen LogP contribution in [0.3, 0.4) is 0 Å². The molecule has 108 valence electrons. The molecule has 0 aliphatic carbocycles. The second-order valence-corrected chi connectivity index (χ2v) is 8.26. The van der Waals surface area contributed by atoms with Crippen LogP contribution < -0.4 is 5.32 Å². The van der Waals surface area contributed by atoms with Gasteiger partial charge in [-0.1, -0.05) is 18.0 Å². The highest BCUT2D eigenvalue weighted by Gasteiger charge is 2.24. The van der Waals surface area contributed by atoms with Crippen LogP contribution in [-0.4, -0.2) is 29.6 Å². The normalized spacial score (nSPS) is 21.8. The van der Waals surface area contributed by atoms with Gasteiger partial charge >= 0.3 is 0 Å². The Morgan fingerprint density at radius 2 is 2.16 bits per heavy atom. The molecule has 2 nitrogen and oxygen atoms in total. The predicted octanol–water partition coefficient (Wildman–Crippen LogP) is 4.14.